The fourth-order valence-electron chi connectivity index (χ4n) is 7.08. The number of methoxy groups -OCH3 is 6. The van der Waals surface area contributed by atoms with Crippen LogP contribution in [-0.2, 0) is 19.1 Å². The summed E-state index contributed by atoms with van der Waals surface area (Å²) >= 11 is 0. The maximum absolute atomic E-state index is 13.6. The molecule has 2 N–H and O–H groups in total. The van der Waals surface area contributed by atoms with E-state index in [9.17, 15) is 9.59 Å². The Labute approximate surface area is 334 Å². The molecule has 0 atom stereocenters. The lowest BCUT2D eigenvalue weighted by Crippen LogP contribution is -2.12. The molecule has 2 aliphatic rings. The molecule has 0 aliphatic carbocycles. The van der Waals surface area contributed by atoms with Gasteiger partial charge in [0.15, 0.2) is 23.0 Å². The van der Waals surface area contributed by atoms with Crippen LogP contribution in [0.25, 0.3) is 67.6 Å². The molecule has 0 saturated heterocycles. The molecule has 7 rings (SSSR count). The van der Waals surface area contributed by atoms with Crippen LogP contribution < -0.4 is 28.4 Å². The van der Waals surface area contributed by atoms with Crippen molar-refractivity contribution in [3.8, 4) is 56.8 Å². The monoisotopic (exact) mass is 786 g/mol. The minimum Gasteiger partial charge on any atom is -0.493 e. The van der Waals surface area contributed by atoms with Crippen LogP contribution in [0.4, 0.5) is 0 Å². The van der Waals surface area contributed by atoms with E-state index < -0.39 is 11.9 Å². The van der Waals surface area contributed by atoms with Crippen LogP contribution in [-0.4, -0.2) is 87.7 Å². The highest BCUT2D eigenvalue weighted by Crippen LogP contribution is 2.45. The van der Waals surface area contributed by atoms with Gasteiger partial charge in [-0.05, 0) is 97.8 Å². The number of esters is 2. The van der Waals surface area contributed by atoms with E-state index in [2.05, 4.69) is 9.97 Å². The summed E-state index contributed by atoms with van der Waals surface area (Å²) < 4.78 is 45.3. The zero-order valence-electron chi connectivity index (χ0n) is 33.3. The van der Waals surface area contributed by atoms with Gasteiger partial charge in [0.25, 0.3) is 0 Å². The summed E-state index contributed by atoms with van der Waals surface area (Å²) in [6.07, 6.45) is 3.86. The lowest BCUT2D eigenvalue weighted by molar-refractivity contribution is -0.138. The second-order valence-corrected chi connectivity index (χ2v) is 12.8. The number of H-pyrrole nitrogens is 2. The predicted octanol–water partition coefficient (Wildman–Crippen LogP) is 7.91. The van der Waals surface area contributed by atoms with Crippen LogP contribution in [0.3, 0.4) is 0 Å². The van der Waals surface area contributed by atoms with Gasteiger partial charge in [0.05, 0.1) is 78.6 Å². The van der Waals surface area contributed by atoms with Gasteiger partial charge in [0.2, 0.25) is 11.5 Å². The lowest BCUT2D eigenvalue weighted by atomic mass is 10.0. The molecule has 8 bridgehead atoms. The summed E-state index contributed by atoms with van der Waals surface area (Å²) in [5.41, 5.74) is 6.89. The van der Waals surface area contributed by atoms with Gasteiger partial charge in [0, 0.05) is 33.2 Å². The van der Waals surface area contributed by atoms with Crippen molar-refractivity contribution in [1.29, 1.82) is 0 Å². The average Bonchev–Trinajstić information content (AvgIpc) is 4.06. The molecule has 5 heterocycles. The lowest BCUT2D eigenvalue weighted by Gasteiger charge is -2.15. The van der Waals surface area contributed by atoms with Crippen LogP contribution in [0.1, 0.15) is 36.6 Å². The summed E-state index contributed by atoms with van der Waals surface area (Å²) in [7, 11) is 9.31. The summed E-state index contributed by atoms with van der Waals surface area (Å²) in [4.78, 5) is 44.3. The van der Waals surface area contributed by atoms with Crippen LogP contribution in [0.2, 0.25) is 0 Å². The van der Waals surface area contributed by atoms with E-state index in [0.29, 0.717) is 90.2 Å². The van der Waals surface area contributed by atoms with Gasteiger partial charge in [0.1, 0.15) is 11.1 Å². The smallest absolute Gasteiger partial charge is 0.341 e. The highest BCUT2D eigenvalue weighted by Gasteiger charge is 2.32. The van der Waals surface area contributed by atoms with E-state index in [1.165, 1.54) is 0 Å². The number of ether oxygens (including phenoxy) is 8. The van der Waals surface area contributed by atoms with Crippen molar-refractivity contribution >= 4 is 57.3 Å². The van der Waals surface area contributed by atoms with Crippen molar-refractivity contribution in [2.45, 2.75) is 13.8 Å². The van der Waals surface area contributed by atoms with Gasteiger partial charge >= 0.3 is 11.9 Å². The molecule has 0 unspecified atom stereocenters. The zero-order valence-corrected chi connectivity index (χ0v) is 33.3. The van der Waals surface area contributed by atoms with Gasteiger partial charge in [-0.1, -0.05) is 0 Å². The van der Waals surface area contributed by atoms with Crippen molar-refractivity contribution in [3.63, 3.8) is 0 Å². The Morgan fingerprint density at radius 3 is 1.22 bits per heavy atom. The molecule has 2 aliphatic heterocycles. The molecule has 298 valence electrons. The van der Waals surface area contributed by atoms with E-state index in [-0.39, 0.29) is 35.7 Å². The Morgan fingerprint density at radius 1 is 0.517 bits per heavy atom. The molecular formula is C44H42N4O10. The van der Waals surface area contributed by atoms with Crippen molar-refractivity contribution in [3.05, 3.63) is 83.4 Å². The number of benzene rings is 2. The number of hydrogen-bond acceptors (Lipinski definition) is 12. The number of aromatic nitrogens is 4. The van der Waals surface area contributed by atoms with Crippen molar-refractivity contribution in [2.75, 3.05) is 55.9 Å². The largest absolute Gasteiger partial charge is 0.493 e. The summed E-state index contributed by atoms with van der Waals surface area (Å²) in [5, 5.41) is 0. The summed E-state index contributed by atoms with van der Waals surface area (Å²) in [6.45, 7) is 3.55. The van der Waals surface area contributed by atoms with Crippen LogP contribution in [0.5, 0.6) is 34.5 Å². The number of rotatable bonds is 12. The zero-order chi connectivity index (χ0) is 41.1. The first-order chi connectivity index (χ1) is 28.2. The topological polar surface area (TPSA) is 165 Å². The van der Waals surface area contributed by atoms with E-state index >= 15 is 0 Å². The van der Waals surface area contributed by atoms with Crippen LogP contribution >= 0.6 is 0 Å². The molecule has 2 aromatic carbocycles. The van der Waals surface area contributed by atoms with Crippen molar-refractivity contribution in [1.82, 2.24) is 19.9 Å². The fraction of sp³-hybridized carbons (Fsp3) is 0.227. The summed E-state index contributed by atoms with van der Waals surface area (Å²) in [5.74, 6) is 1.22. The second kappa shape index (κ2) is 16.5. The Bertz CT molecular complexity index is 2450. The van der Waals surface area contributed by atoms with Crippen LogP contribution in [0.15, 0.2) is 60.7 Å². The number of nitrogens with one attached hydrogen (secondary N) is 2. The first kappa shape index (κ1) is 39.0. The number of fused-ring (bicyclic) bond motifs is 8. The number of hydrogen-bond donors (Lipinski definition) is 2. The molecule has 0 amide bonds. The van der Waals surface area contributed by atoms with Gasteiger partial charge in [-0.15, -0.1) is 0 Å². The number of nitrogens with zero attached hydrogens (tertiary/aromatic N) is 2. The second-order valence-electron chi connectivity index (χ2n) is 12.8. The Kier molecular flexibility index (Phi) is 11.1. The predicted molar refractivity (Wildman–Crippen MR) is 220 cm³/mol. The molecule has 14 nitrogen and oxygen atoms in total. The average molecular weight is 787 g/mol. The van der Waals surface area contributed by atoms with E-state index in [0.717, 1.165) is 0 Å². The normalized spacial score (nSPS) is 11.9. The van der Waals surface area contributed by atoms with Gasteiger partial charge < -0.3 is 47.9 Å². The molecule has 3 aromatic heterocycles. The highest BCUT2D eigenvalue weighted by atomic mass is 16.5. The molecule has 0 spiro atoms. The van der Waals surface area contributed by atoms with Crippen LogP contribution in [0, 0.1) is 0 Å². The molecular weight excluding hydrogens is 745 g/mol. The number of carbonyl (C=O) groups excluding carboxylic acids is 2. The van der Waals surface area contributed by atoms with Gasteiger partial charge in [-0.3, -0.25) is 0 Å². The quantitative estimate of drug-likeness (QED) is 0.115. The molecule has 58 heavy (non-hydrogen) atoms. The van der Waals surface area contributed by atoms with E-state index in [4.69, 9.17) is 47.9 Å². The summed E-state index contributed by atoms with van der Waals surface area (Å²) in [6, 6.07) is 18.2. The SMILES string of the molecule is CCOC(=O)C1=C(C(=O)OCC)c2cc3ccc([nH]3)c(-c3cc(OC)c(OC)c(OC)c3)c3nc(c(-c4cc(OC)c(OC)c(OC)c4)c4ccc(cc1n2)[nH]4)C=C3. The van der Waals surface area contributed by atoms with E-state index in [1.54, 1.807) is 68.6 Å². The standard InChI is InChI=1S/C44H42N4O10/c1-9-57-43(49)39-31-21-25-11-13-27(45-25)37(23-17-33(51-3)41(55-7)34(18-23)52-4)29-15-16-30(47-29)38(24-19-35(53-5)42(56-8)36(20-24)54-6)28-14-12-26(46-28)22-32(48-31)40(39)44(50)58-10-2/h11-22,45-46H,9-10H2,1-8H3. The number of carbonyl (C=O) groups is 2. The Morgan fingerprint density at radius 2 is 0.897 bits per heavy atom. The third kappa shape index (κ3) is 7.04. The minimum absolute atomic E-state index is 0.0146. The third-order valence-corrected chi connectivity index (χ3v) is 9.56. The fourth-order valence-corrected chi connectivity index (χ4v) is 7.08. The van der Waals surface area contributed by atoms with Crippen molar-refractivity contribution in [2.24, 2.45) is 0 Å². The third-order valence-electron chi connectivity index (χ3n) is 9.56. The Balaban J connectivity index is 1.67. The first-order valence-corrected chi connectivity index (χ1v) is 18.3. The number of aromatic amines is 2. The molecule has 0 radical (unpaired) electrons. The molecule has 0 saturated carbocycles. The van der Waals surface area contributed by atoms with E-state index in [1.807, 2.05) is 60.7 Å². The maximum atomic E-state index is 13.6. The minimum atomic E-state index is -0.711. The van der Waals surface area contributed by atoms with Gasteiger partial charge in [-0.25, -0.2) is 19.6 Å². The molecule has 14 heteroatoms. The molecule has 0 fully saturated rings. The highest BCUT2D eigenvalue weighted by molar-refractivity contribution is 6.38. The Hall–Kier alpha value is -7.22. The van der Waals surface area contributed by atoms with Gasteiger partial charge in [-0.2, -0.15) is 0 Å². The van der Waals surface area contributed by atoms with Crippen molar-refractivity contribution < 1.29 is 47.5 Å². The maximum Gasteiger partial charge on any atom is 0.341 e. The molecule has 5 aromatic rings. The first-order valence-electron chi connectivity index (χ1n) is 18.3.